The molecule has 1 N–H and O–H groups in total. The number of rotatable bonds is 5. The van der Waals surface area contributed by atoms with Gasteiger partial charge in [0.1, 0.15) is 11.5 Å². The SMILES string of the molecule is CC#CC(=O)N1CCC(Nc2ncc3cc(-c4c(C)c(OC)cc(OC)c4Cl)ccc3n2)CC1. The van der Waals surface area contributed by atoms with Crippen LogP contribution in [0, 0.1) is 18.8 Å². The maximum Gasteiger partial charge on any atom is 0.298 e. The number of piperidine rings is 1. The van der Waals surface area contributed by atoms with Crippen LogP contribution in [-0.4, -0.2) is 54.1 Å². The molecule has 0 atom stereocenters. The Hall–Kier alpha value is -3.50. The van der Waals surface area contributed by atoms with Gasteiger partial charge in [0.2, 0.25) is 5.95 Å². The van der Waals surface area contributed by atoms with Crippen molar-refractivity contribution >= 4 is 34.4 Å². The minimum absolute atomic E-state index is 0.109. The number of likely N-dealkylation sites (tertiary alicyclic amines) is 1. The van der Waals surface area contributed by atoms with Crippen LogP contribution in [0.1, 0.15) is 25.3 Å². The summed E-state index contributed by atoms with van der Waals surface area (Å²) in [5, 5.41) is 4.85. The summed E-state index contributed by atoms with van der Waals surface area (Å²) in [4.78, 5) is 22.9. The van der Waals surface area contributed by atoms with Crippen LogP contribution in [0.4, 0.5) is 5.95 Å². The van der Waals surface area contributed by atoms with E-state index in [2.05, 4.69) is 22.1 Å². The van der Waals surface area contributed by atoms with Crippen LogP contribution in [-0.2, 0) is 4.79 Å². The minimum atomic E-state index is -0.109. The molecule has 1 aromatic heterocycles. The number of carbonyl (C=O) groups is 1. The number of amides is 1. The number of carbonyl (C=O) groups excluding carboxylic acids is 1. The summed E-state index contributed by atoms with van der Waals surface area (Å²) >= 11 is 6.66. The fourth-order valence-corrected chi connectivity index (χ4v) is 4.64. The molecule has 0 aliphatic carbocycles. The Bertz CT molecular complexity index is 1260. The van der Waals surface area contributed by atoms with Crippen molar-refractivity contribution in [3.8, 4) is 34.5 Å². The highest BCUT2D eigenvalue weighted by Crippen LogP contribution is 2.43. The Morgan fingerprint density at radius 1 is 1.18 bits per heavy atom. The van der Waals surface area contributed by atoms with Crippen LogP contribution in [0.5, 0.6) is 11.5 Å². The lowest BCUT2D eigenvalue weighted by atomic mass is 9.98. The predicted octanol–water partition coefficient (Wildman–Crippen LogP) is 4.70. The summed E-state index contributed by atoms with van der Waals surface area (Å²) in [6.45, 7) is 4.99. The van der Waals surface area contributed by atoms with E-state index in [-0.39, 0.29) is 11.9 Å². The van der Waals surface area contributed by atoms with Crippen molar-refractivity contribution in [2.75, 3.05) is 32.6 Å². The monoisotopic (exact) mass is 478 g/mol. The van der Waals surface area contributed by atoms with Gasteiger partial charge in [0.25, 0.3) is 5.91 Å². The molecular weight excluding hydrogens is 452 g/mol. The number of nitrogens with zero attached hydrogens (tertiary/aromatic N) is 3. The van der Waals surface area contributed by atoms with E-state index in [0.717, 1.165) is 40.4 Å². The molecule has 1 amide bonds. The summed E-state index contributed by atoms with van der Waals surface area (Å²) in [5.41, 5.74) is 3.55. The fourth-order valence-electron chi connectivity index (χ4n) is 4.26. The lowest BCUT2D eigenvalue weighted by molar-refractivity contribution is -0.126. The van der Waals surface area contributed by atoms with Gasteiger partial charge in [0.15, 0.2) is 0 Å². The molecule has 0 unspecified atom stereocenters. The Morgan fingerprint density at radius 3 is 2.59 bits per heavy atom. The van der Waals surface area contributed by atoms with Gasteiger partial charge in [-0.25, -0.2) is 9.97 Å². The van der Waals surface area contributed by atoms with Crippen molar-refractivity contribution in [2.45, 2.75) is 32.7 Å². The number of nitrogens with one attached hydrogen (secondary N) is 1. The molecule has 2 heterocycles. The second-order valence-electron chi connectivity index (χ2n) is 8.15. The van der Waals surface area contributed by atoms with Crippen molar-refractivity contribution in [3.05, 3.63) is 41.0 Å². The average Bonchev–Trinajstić information content (AvgIpc) is 2.85. The van der Waals surface area contributed by atoms with Gasteiger partial charge in [-0.05, 0) is 50.3 Å². The first-order valence-electron chi connectivity index (χ1n) is 11.1. The van der Waals surface area contributed by atoms with Crippen molar-refractivity contribution in [3.63, 3.8) is 0 Å². The Kier molecular flexibility index (Phi) is 7.09. The predicted molar refractivity (Wildman–Crippen MR) is 134 cm³/mol. The molecule has 1 fully saturated rings. The first-order valence-corrected chi connectivity index (χ1v) is 11.5. The zero-order valence-corrected chi connectivity index (χ0v) is 20.5. The number of aromatic nitrogens is 2. The van der Waals surface area contributed by atoms with E-state index in [9.17, 15) is 4.79 Å². The highest BCUT2D eigenvalue weighted by atomic mass is 35.5. The summed E-state index contributed by atoms with van der Waals surface area (Å²) in [6.07, 6.45) is 3.46. The summed E-state index contributed by atoms with van der Waals surface area (Å²) in [7, 11) is 3.22. The third-order valence-corrected chi connectivity index (χ3v) is 6.47. The smallest absolute Gasteiger partial charge is 0.298 e. The molecule has 34 heavy (non-hydrogen) atoms. The molecule has 7 nitrogen and oxygen atoms in total. The number of fused-ring (bicyclic) bond motifs is 1. The van der Waals surface area contributed by atoms with Crippen molar-refractivity contribution < 1.29 is 14.3 Å². The largest absolute Gasteiger partial charge is 0.496 e. The molecule has 176 valence electrons. The summed E-state index contributed by atoms with van der Waals surface area (Å²) in [5.74, 6) is 7.01. The second kappa shape index (κ2) is 10.2. The van der Waals surface area contributed by atoms with Crippen LogP contribution in [0.25, 0.3) is 22.0 Å². The van der Waals surface area contributed by atoms with E-state index in [1.807, 2.05) is 31.3 Å². The highest BCUT2D eigenvalue weighted by molar-refractivity contribution is 6.35. The highest BCUT2D eigenvalue weighted by Gasteiger charge is 2.22. The van der Waals surface area contributed by atoms with Crippen LogP contribution < -0.4 is 14.8 Å². The van der Waals surface area contributed by atoms with Gasteiger partial charge in [-0.3, -0.25) is 4.79 Å². The van der Waals surface area contributed by atoms with Gasteiger partial charge in [-0.1, -0.05) is 23.6 Å². The Labute approximate surface area is 204 Å². The number of halogens is 1. The van der Waals surface area contributed by atoms with Crippen LogP contribution in [0.3, 0.4) is 0 Å². The summed E-state index contributed by atoms with van der Waals surface area (Å²) < 4.78 is 11.0. The number of ether oxygens (including phenoxy) is 2. The molecule has 8 heteroatoms. The zero-order chi connectivity index (χ0) is 24.2. The standard InChI is InChI=1S/C26H27ClN4O3/c1-5-6-23(32)31-11-9-19(10-12-31)29-26-28-15-18-13-17(7-8-20(18)30-26)24-16(2)21(33-3)14-22(34-4)25(24)27/h7-8,13-15,19H,9-12H2,1-4H3,(H,28,29,30). The third kappa shape index (κ3) is 4.73. The molecule has 3 aromatic rings. The number of methoxy groups -OCH3 is 2. The zero-order valence-electron chi connectivity index (χ0n) is 19.7. The lowest BCUT2D eigenvalue weighted by Gasteiger charge is -2.31. The molecule has 1 aliphatic rings. The maximum atomic E-state index is 11.9. The Balaban J connectivity index is 1.55. The van der Waals surface area contributed by atoms with E-state index >= 15 is 0 Å². The number of hydrogen-bond acceptors (Lipinski definition) is 6. The lowest BCUT2D eigenvalue weighted by Crippen LogP contribution is -2.42. The van der Waals surface area contributed by atoms with Crippen LogP contribution in [0.2, 0.25) is 5.02 Å². The maximum absolute atomic E-state index is 11.9. The molecule has 0 radical (unpaired) electrons. The van der Waals surface area contributed by atoms with Crippen molar-refractivity contribution in [1.29, 1.82) is 0 Å². The van der Waals surface area contributed by atoms with Gasteiger partial charge in [-0.2, -0.15) is 0 Å². The first kappa shape index (κ1) is 23.7. The normalized spacial score (nSPS) is 13.9. The van der Waals surface area contributed by atoms with E-state index in [4.69, 9.17) is 26.1 Å². The van der Waals surface area contributed by atoms with E-state index in [1.165, 1.54) is 0 Å². The molecular formula is C26H27ClN4O3. The Morgan fingerprint density at radius 2 is 1.91 bits per heavy atom. The topological polar surface area (TPSA) is 76.6 Å². The molecule has 0 saturated carbocycles. The molecule has 1 aliphatic heterocycles. The van der Waals surface area contributed by atoms with Gasteiger partial charge in [0.05, 0.1) is 24.8 Å². The van der Waals surface area contributed by atoms with E-state index in [1.54, 1.807) is 32.1 Å². The van der Waals surface area contributed by atoms with E-state index in [0.29, 0.717) is 35.6 Å². The minimum Gasteiger partial charge on any atom is -0.496 e. The first-order chi connectivity index (χ1) is 16.4. The fraction of sp³-hybridized carbons (Fsp3) is 0.346. The average molecular weight is 479 g/mol. The van der Waals surface area contributed by atoms with Crippen LogP contribution in [0.15, 0.2) is 30.5 Å². The van der Waals surface area contributed by atoms with Crippen molar-refractivity contribution in [1.82, 2.24) is 14.9 Å². The van der Waals surface area contributed by atoms with E-state index < -0.39 is 0 Å². The number of benzene rings is 2. The number of anilines is 1. The number of hydrogen-bond donors (Lipinski definition) is 1. The summed E-state index contributed by atoms with van der Waals surface area (Å²) in [6, 6.07) is 7.97. The molecule has 1 saturated heterocycles. The third-order valence-electron chi connectivity index (χ3n) is 6.10. The molecule has 0 bridgehead atoms. The molecule has 2 aromatic carbocycles. The van der Waals surface area contributed by atoms with Crippen LogP contribution >= 0.6 is 11.6 Å². The van der Waals surface area contributed by atoms with Gasteiger partial charge < -0.3 is 19.7 Å². The van der Waals surface area contributed by atoms with Crippen molar-refractivity contribution in [2.24, 2.45) is 0 Å². The quantitative estimate of drug-likeness (QED) is 0.535. The van der Waals surface area contributed by atoms with Gasteiger partial charge >= 0.3 is 0 Å². The second-order valence-corrected chi connectivity index (χ2v) is 8.53. The molecule has 0 spiro atoms. The van der Waals surface area contributed by atoms with Gasteiger partial charge in [-0.15, -0.1) is 0 Å². The molecule has 4 rings (SSSR count). The van der Waals surface area contributed by atoms with Gasteiger partial charge in [0, 0.05) is 47.9 Å².